The second-order valence-corrected chi connectivity index (χ2v) is 6.67. The van der Waals surface area contributed by atoms with Crippen LogP contribution in [0.3, 0.4) is 0 Å². The molecule has 3 aromatic rings. The molecule has 1 aliphatic heterocycles. The molecule has 0 saturated heterocycles. The van der Waals surface area contributed by atoms with Crippen LogP contribution in [0.2, 0.25) is 0 Å². The van der Waals surface area contributed by atoms with E-state index in [1.54, 1.807) is 11.3 Å². The first-order chi connectivity index (χ1) is 10.7. The molecule has 0 radical (unpaired) electrons. The number of fused-ring (bicyclic) bond motifs is 3. The number of hydrogen-bond donors (Lipinski definition) is 1. The Bertz CT molecular complexity index is 878. The van der Waals surface area contributed by atoms with Crippen LogP contribution >= 0.6 is 11.3 Å². The van der Waals surface area contributed by atoms with E-state index in [0.29, 0.717) is 0 Å². The van der Waals surface area contributed by atoms with Crippen molar-refractivity contribution in [3.8, 4) is 0 Å². The predicted molar refractivity (Wildman–Crippen MR) is 92.6 cm³/mol. The van der Waals surface area contributed by atoms with Gasteiger partial charge >= 0.3 is 0 Å². The number of aliphatic imine (C=N–C) groups is 1. The summed E-state index contributed by atoms with van der Waals surface area (Å²) in [7, 11) is 0. The average Bonchev–Trinajstić information content (AvgIpc) is 3.04. The zero-order chi connectivity index (χ0) is 15.1. The lowest BCUT2D eigenvalue weighted by molar-refractivity contribution is 0.912. The van der Waals surface area contributed by atoms with Crippen LogP contribution in [0.4, 0.5) is 0 Å². The molecule has 0 saturated carbocycles. The summed E-state index contributed by atoms with van der Waals surface area (Å²) in [5.74, 6) is 1.01. The van der Waals surface area contributed by atoms with Gasteiger partial charge in [-0.15, -0.1) is 11.3 Å². The van der Waals surface area contributed by atoms with Gasteiger partial charge in [0.15, 0.2) is 0 Å². The van der Waals surface area contributed by atoms with Gasteiger partial charge < -0.3 is 5.32 Å². The fourth-order valence-electron chi connectivity index (χ4n) is 3.01. The number of thiophene rings is 1. The van der Waals surface area contributed by atoms with Crippen molar-refractivity contribution in [2.75, 3.05) is 0 Å². The minimum Gasteiger partial charge on any atom is -0.365 e. The molecular weight excluding hydrogens is 290 g/mol. The Hall–Kier alpha value is -2.20. The van der Waals surface area contributed by atoms with Crippen molar-refractivity contribution in [1.82, 2.24) is 10.3 Å². The quantitative estimate of drug-likeness (QED) is 0.778. The third-order valence-electron chi connectivity index (χ3n) is 4.00. The number of benzene rings is 1. The first kappa shape index (κ1) is 13.5. The van der Waals surface area contributed by atoms with Crippen LogP contribution in [-0.2, 0) is 13.1 Å². The standard InChI is InChI=1S/C18H17N3S/c1-11-8-12(2)21-18-15(11)14-10-20-17(16(14)22-18)19-9-13-6-4-3-5-7-13/h3-8H,9-10H2,1-2H3,(H,19,20). The Labute approximate surface area is 133 Å². The van der Waals surface area contributed by atoms with Gasteiger partial charge in [-0.2, -0.15) is 0 Å². The van der Waals surface area contributed by atoms with E-state index in [4.69, 9.17) is 0 Å². The highest BCUT2D eigenvalue weighted by Gasteiger charge is 2.23. The van der Waals surface area contributed by atoms with Crippen LogP contribution in [0.15, 0.2) is 41.4 Å². The molecule has 0 unspecified atom stereocenters. The topological polar surface area (TPSA) is 37.3 Å². The summed E-state index contributed by atoms with van der Waals surface area (Å²) < 4.78 is 0. The molecule has 0 aliphatic carbocycles. The van der Waals surface area contributed by atoms with Gasteiger partial charge in [0, 0.05) is 23.2 Å². The molecule has 0 spiro atoms. The van der Waals surface area contributed by atoms with Crippen molar-refractivity contribution in [2.24, 2.45) is 4.99 Å². The normalized spacial score (nSPS) is 13.3. The second kappa shape index (κ2) is 5.21. The summed E-state index contributed by atoms with van der Waals surface area (Å²) in [5, 5.41) is 4.78. The first-order valence-electron chi connectivity index (χ1n) is 7.44. The molecule has 0 bridgehead atoms. The lowest BCUT2D eigenvalue weighted by Gasteiger charge is -2.05. The lowest BCUT2D eigenvalue weighted by Crippen LogP contribution is -2.21. The minimum absolute atomic E-state index is 0.762. The van der Waals surface area contributed by atoms with Gasteiger partial charge in [-0.25, -0.2) is 4.98 Å². The molecule has 0 amide bonds. The average molecular weight is 307 g/mol. The zero-order valence-corrected chi connectivity index (χ0v) is 13.5. The zero-order valence-electron chi connectivity index (χ0n) is 12.7. The maximum absolute atomic E-state index is 4.69. The summed E-state index contributed by atoms with van der Waals surface area (Å²) >= 11 is 1.75. The highest BCUT2D eigenvalue weighted by atomic mass is 32.1. The van der Waals surface area contributed by atoms with E-state index in [9.17, 15) is 0 Å². The summed E-state index contributed by atoms with van der Waals surface area (Å²) in [4.78, 5) is 11.8. The van der Waals surface area contributed by atoms with Gasteiger partial charge in [-0.3, -0.25) is 4.99 Å². The molecule has 4 heteroatoms. The van der Waals surface area contributed by atoms with E-state index in [2.05, 4.69) is 59.5 Å². The summed E-state index contributed by atoms with van der Waals surface area (Å²) in [6, 6.07) is 12.6. The maximum atomic E-state index is 4.69. The van der Waals surface area contributed by atoms with Crippen LogP contribution in [-0.4, -0.2) is 10.8 Å². The van der Waals surface area contributed by atoms with E-state index in [1.807, 2.05) is 6.07 Å². The first-order valence-corrected chi connectivity index (χ1v) is 8.26. The number of amidine groups is 1. The van der Waals surface area contributed by atoms with Crippen molar-refractivity contribution in [1.29, 1.82) is 0 Å². The Balaban J connectivity index is 1.66. The van der Waals surface area contributed by atoms with Gasteiger partial charge in [-0.1, -0.05) is 30.3 Å². The van der Waals surface area contributed by atoms with Crippen LogP contribution < -0.4 is 5.32 Å². The summed E-state index contributed by atoms with van der Waals surface area (Å²) in [6.07, 6.45) is 0. The molecule has 1 aromatic carbocycles. The molecule has 1 N–H and O–H groups in total. The largest absolute Gasteiger partial charge is 0.365 e. The summed E-state index contributed by atoms with van der Waals surface area (Å²) in [5.41, 5.74) is 4.99. The van der Waals surface area contributed by atoms with Crippen molar-refractivity contribution in [2.45, 2.75) is 26.9 Å². The van der Waals surface area contributed by atoms with Crippen molar-refractivity contribution in [3.63, 3.8) is 0 Å². The Morgan fingerprint density at radius 2 is 2.00 bits per heavy atom. The van der Waals surface area contributed by atoms with Crippen molar-refractivity contribution >= 4 is 27.4 Å². The minimum atomic E-state index is 0.762. The molecule has 0 fully saturated rings. The highest BCUT2D eigenvalue weighted by Crippen LogP contribution is 2.36. The van der Waals surface area contributed by atoms with Gasteiger partial charge in [0.1, 0.15) is 10.7 Å². The number of aryl methyl sites for hydroxylation is 2. The van der Waals surface area contributed by atoms with Crippen LogP contribution in [0.25, 0.3) is 10.2 Å². The Morgan fingerprint density at radius 1 is 1.18 bits per heavy atom. The molecule has 4 rings (SSSR count). The van der Waals surface area contributed by atoms with Gasteiger partial charge in [0.05, 0.1) is 11.4 Å². The van der Waals surface area contributed by atoms with E-state index < -0.39 is 0 Å². The van der Waals surface area contributed by atoms with Crippen molar-refractivity contribution < 1.29 is 0 Å². The van der Waals surface area contributed by atoms with E-state index in [1.165, 1.54) is 27.0 Å². The molecule has 1 aliphatic rings. The van der Waals surface area contributed by atoms with Crippen LogP contribution in [0.1, 0.15) is 27.3 Å². The number of rotatable bonds is 2. The van der Waals surface area contributed by atoms with E-state index >= 15 is 0 Å². The SMILES string of the molecule is Cc1cc(C)c2c3c(sc2n1)C(NCc1ccccc1)=NC3. The second-order valence-electron chi connectivity index (χ2n) is 5.67. The Morgan fingerprint density at radius 3 is 2.82 bits per heavy atom. The highest BCUT2D eigenvalue weighted by molar-refractivity contribution is 7.20. The monoisotopic (exact) mass is 307 g/mol. The predicted octanol–water partition coefficient (Wildman–Crippen LogP) is 3.96. The third-order valence-corrected chi connectivity index (χ3v) is 5.13. The lowest BCUT2D eigenvalue weighted by atomic mass is 10.1. The number of pyridine rings is 1. The molecule has 110 valence electrons. The van der Waals surface area contributed by atoms with Crippen LogP contribution in [0, 0.1) is 13.8 Å². The number of nitrogens with one attached hydrogen (secondary N) is 1. The molecule has 2 aromatic heterocycles. The van der Waals surface area contributed by atoms with Gasteiger partial charge in [-0.05, 0) is 31.0 Å². The summed E-state index contributed by atoms with van der Waals surface area (Å²) in [6.45, 7) is 5.79. The molecule has 3 heterocycles. The fourth-order valence-corrected chi connectivity index (χ4v) is 4.30. The molecular formula is C18H17N3S. The molecule has 22 heavy (non-hydrogen) atoms. The van der Waals surface area contributed by atoms with Gasteiger partial charge in [0.2, 0.25) is 0 Å². The maximum Gasteiger partial charge on any atom is 0.139 e. The number of aromatic nitrogens is 1. The number of hydrogen-bond acceptors (Lipinski definition) is 4. The van der Waals surface area contributed by atoms with Crippen molar-refractivity contribution in [3.05, 3.63) is 63.7 Å². The molecule has 0 atom stereocenters. The smallest absolute Gasteiger partial charge is 0.139 e. The fraction of sp³-hybridized carbons (Fsp3) is 0.222. The van der Waals surface area contributed by atoms with E-state index in [0.717, 1.165) is 29.4 Å². The van der Waals surface area contributed by atoms with Gasteiger partial charge in [0.25, 0.3) is 0 Å². The Kier molecular flexibility index (Phi) is 3.19. The third kappa shape index (κ3) is 2.20. The number of nitrogens with zero attached hydrogens (tertiary/aromatic N) is 2. The van der Waals surface area contributed by atoms with Crippen LogP contribution in [0.5, 0.6) is 0 Å². The van der Waals surface area contributed by atoms with E-state index in [-0.39, 0.29) is 0 Å². The molecule has 3 nitrogen and oxygen atoms in total.